The number of hydrogen-bond donors (Lipinski definition) is 2. The molecule has 6 heteroatoms. The summed E-state index contributed by atoms with van der Waals surface area (Å²) in [6.45, 7) is 6.05. The van der Waals surface area contributed by atoms with Crippen LogP contribution in [0.3, 0.4) is 0 Å². The van der Waals surface area contributed by atoms with Crippen LogP contribution in [0.5, 0.6) is 0 Å². The zero-order valence-electron chi connectivity index (χ0n) is 16.3. The summed E-state index contributed by atoms with van der Waals surface area (Å²) in [7, 11) is 0. The molecule has 0 bridgehead atoms. The number of benzene rings is 2. The van der Waals surface area contributed by atoms with E-state index in [2.05, 4.69) is 27.2 Å². The summed E-state index contributed by atoms with van der Waals surface area (Å²) in [4.78, 5) is 18.2. The lowest BCUT2D eigenvalue weighted by molar-refractivity contribution is -0.121. The van der Waals surface area contributed by atoms with Gasteiger partial charge in [-0.15, -0.1) is 11.8 Å². The van der Waals surface area contributed by atoms with Crippen LogP contribution < -0.4 is 5.32 Å². The Labute approximate surface area is 171 Å². The fraction of sp³-hybridized carbons (Fsp3) is 0.409. The van der Waals surface area contributed by atoms with Crippen LogP contribution in [-0.2, 0) is 4.79 Å². The van der Waals surface area contributed by atoms with Gasteiger partial charge in [-0.25, -0.2) is 0 Å². The Hall–Kier alpha value is -1.86. The fourth-order valence-electron chi connectivity index (χ4n) is 3.33. The second-order valence-electron chi connectivity index (χ2n) is 7.15. The third kappa shape index (κ3) is 6.34. The molecule has 0 aromatic heterocycles. The second-order valence-corrected chi connectivity index (χ2v) is 8.24. The molecule has 1 fully saturated rings. The molecular weight excluding hydrogens is 370 g/mol. The highest BCUT2D eigenvalue weighted by atomic mass is 32.2. The molecule has 150 valence electrons. The Kier molecular flexibility index (Phi) is 7.91. The molecule has 2 aromatic carbocycles. The smallest absolute Gasteiger partial charge is 0.241 e. The minimum atomic E-state index is -0.351. The Morgan fingerprint density at radius 3 is 2.29 bits per heavy atom. The van der Waals surface area contributed by atoms with Gasteiger partial charge < -0.3 is 10.4 Å². The monoisotopic (exact) mass is 399 g/mol. The summed E-state index contributed by atoms with van der Waals surface area (Å²) in [6.07, 6.45) is -0.351. The maximum absolute atomic E-state index is 12.5. The van der Waals surface area contributed by atoms with Gasteiger partial charge in [-0.2, -0.15) is 0 Å². The van der Waals surface area contributed by atoms with Crippen molar-refractivity contribution in [1.82, 2.24) is 9.80 Å². The Bertz CT molecular complexity index is 721. The Morgan fingerprint density at radius 2 is 1.64 bits per heavy atom. The van der Waals surface area contributed by atoms with Crippen LogP contribution in [0.2, 0.25) is 0 Å². The zero-order valence-corrected chi connectivity index (χ0v) is 17.1. The number of anilines is 1. The van der Waals surface area contributed by atoms with E-state index < -0.39 is 0 Å². The van der Waals surface area contributed by atoms with Crippen LogP contribution >= 0.6 is 11.8 Å². The third-order valence-electron chi connectivity index (χ3n) is 5.03. The number of hydrogen-bond acceptors (Lipinski definition) is 5. The standard InChI is InChI=1S/C22H29N3O2S/c1-18(22(27)23-19-8-4-2-5-9-19)25-14-12-24(13-15-25)16-20(26)17-28-21-10-6-3-7-11-21/h2-11,18,20,26H,12-17H2,1H3,(H,23,27). The Balaban J connectivity index is 1.38. The molecule has 1 aliphatic heterocycles. The van der Waals surface area contributed by atoms with Gasteiger partial charge >= 0.3 is 0 Å². The van der Waals surface area contributed by atoms with Crippen molar-refractivity contribution < 1.29 is 9.90 Å². The highest BCUT2D eigenvalue weighted by Crippen LogP contribution is 2.18. The summed E-state index contributed by atoms with van der Waals surface area (Å²) in [5.74, 6) is 0.721. The number of aliphatic hydroxyl groups is 1. The van der Waals surface area contributed by atoms with Gasteiger partial charge in [-0.3, -0.25) is 14.6 Å². The average molecular weight is 400 g/mol. The first-order valence-electron chi connectivity index (χ1n) is 9.80. The van der Waals surface area contributed by atoms with Crippen LogP contribution in [0.4, 0.5) is 5.69 Å². The third-order valence-corrected chi connectivity index (χ3v) is 6.19. The van der Waals surface area contributed by atoms with Crippen molar-refractivity contribution in [3.63, 3.8) is 0 Å². The van der Waals surface area contributed by atoms with Gasteiger partial charge in [0.1, 0.15) is 0 Å². The van der Waals surface area contributed by atoms with Gasteiger partial charge in [0.15, 0.2) is 0 Å². The van der Waals surface area contributed by atoms with Gasteiger partial charge in [-0.05, 0) is 31.2 Å². The number of piperazine rings is 1. The van der Waals surface area contributed by atoms with E-state index in [0.29, 0.717) is 12.3 Å². The minimum Gasteiger partial charge on any atom is -0.391 e. The van der Waals surface area contributed by atoms with Crippen molar-refractivity contribution in [2.45, 2.75) is 24.0 Å². The number of β-amino-alcohol motifs (C(OH)–C–C–N with tert-alkyl or cyclic N) is 1. The molecule has 2 atom stereocenters. The first-order valence-corrected chi connectivity index (χ1v) is 10.8. The summed E-state index contributed by atoms with van der Waals surface area (Å²) in [6, 6.07) is 19.6. The van der Waals surface area contributed by atoms with E-state index in [-0.39, 0.29) is 18.1 Å². The first-order chi connectivity index (χ1) is 13.6. The molecule has 0 aliphatic carbocycles. The van der Waals surface area contributed by atoms with E-state index >= 15 is 0 Å². The van der Waals surface area contributed by atoms with Crippen LogP contribution in [-0.4, -0.2) is 71.4 Å². The number of thioether (sulfide) groups is 1. The molecule has 5 nitrogen and oxygen atoms in total. The molecule has 3 rings (SSSR count). The highest BCUT2D eigenvalue weighted by molar-refractivity contribution is 7.99. The van der Waals surface area contributed by atoms with Crippen molar-refractivity contribution >= 4 is 23.4 Å². The van der Waals surface area contributed by atoms with Crippen molar-refractivity contribution in [1.29, 1.82) is 0 Å². The SMILES string of the molecule is CC(C(=O)Nc1ccccc1)N1CCN(CC(O)CSc2ccccc2)CC1. The molecule has 2 unspecified atom stereocenters. The van der Waals surface area contributed by atoms with Crippen LogP contribution in [0.25, 0.3) is 0 Å². The van der Waals surface area contributed by atoms with Gasteiger partial charge in [0.05, 0.1) is 12.1 Å². The summed E-state index contributed by atoms with van der Waals surface area (Å²) < 4.78 is 0. The minimum absolute atomic E-state index is 0.0268. The van der Waals surface area contributed by atoms with E-state index in [1.165, 1.54) is 4.90 Å². The van der Waals surface area contributed by atoms with Gasteiger partial charge in [0.25, 0.3) is 0 Å². The van der Waals surface area contributed by atoms with E-state index in [1.807, 2.05) is 55.5 Å². The quantitative estimate of drug-likeness (QED) is 0.669. The number of para-hydroxylation sites is 1. The van der Waals surface area contributed by atoms with Crippen LogP contribution in [0.15, 0.2) is 65.6 Å². The number of aliphatic hydroxyl groups excluding tert-OH is 1. The largest absolute Gasteiger partial charge is 0.391 e. The number of carbonyl (C=O) groups excluding carboxylic acids is 1. The average Bonchev–Trinajstić information content (AvgIpc) is 2.74. The van der Waals surface area contributed by atoms with E-state index in [1.54, 1.807) is 11.8 Å². The predicted octanol–water partition coefficient (Wildman–Crippen LogP) is 2.78. The number of carbonyl (C=O) groups is 1. The molecule has 0 radical (unpaired) electrons. The van der Waals surface area contributed by atoms with E-state index in [0.717, 1.165) is 31.9 Å². The topological polar surface area (TPSA) is 55.8 Å². The molecule has 1 heterocycles. The van der Waals surface area contributed by atoms with Crippen molar-refractivity contribution in [2.75, 3.05) is 43.8 Å². The molecular formula is C22H29N3O2S. The number of nitrogens with one attached hydrogen (secondary N) is 1. The molecule has 28 heavy (non-hydrogen) atoms. The summed E-state index contributed by atoms with van der Waals surface area (Å²) in [5.41, 5.74) is 0.831. The predicted molar refractivity (Wildman–Crippen MR) is 116 cm³/mol. The van der Waals surface area contributed by atoms with Gasteiger partial charge in [-0.1, -0.05) is 36.4 Å². The van der Waals surface area contributed by atoms with Crippen molar-refractivity contribution in [2.24, 2.45) is 0 Å². The molecule has 1 saturated heterocycles. The molecule has 1 aliphatic rings. The zero-order chi connectivity index (χ0) is 19.8. The van der Waals surface area contributed by atoms with Gasteiger partial charge in [0.2, 0.25) is 5.91 Å². The fourth-order valence-corrected chi connectivity index (χ4v) is 4.17. The lowest BCUT2D eigenvalue weighted by Gasteiger charge is -2.38. The van der Waals surface area contributed by atoms with Crippen LogP contribution in [0.1, 0.15) is 6.92 Å². The van der Waals surface area contributed by atoms with Crippen molar-refractivity contribution in [3.05, 3.63) is 60.7 Å². The maximum atomic E-state index is 12.5. The second kappa shape index (κ2) is 10.6. The summed E-state index contributed by atoms with van der Waals surface area (Å²) in [5, 5.41) is 13.3. The maximum Gasteiger partial charge on any atom is 0.241 e. The number of amides is 1. The van der Waals surface area contributed by atoms with E-state index in [9.17, 15) is 9.90 Å². The number of rotatable bonds is 8. The Morgan fingerprint density at radius 1 is 1.04 bits per heavy atom. The van der Waals surface area contributed by atoms with Crippen LogP contribution in [0, 0.1) is 0 Å². The molecule has 2 N–H and O–H groups in total. The molecule has 0 saturated carbocycles. The molecule has 1 amide bonds. The lowest BCUT2D eigenvalue weighted by Crippen LogP contribution is -2.54. The lowest BCUT2D eigenvalue weighted by atomic mass is 10.2. The first kappa shape index (κ1) is 20.9. The molecule has 0 spiro atoms. The normalized spacial score (nSPS) is 17.8. The van der Waals surface area contributed by atoms with Gasteiger partial charge in [0, 0.05) is 49.1 Å². The van der Waals surface area contributed by atoms with Crippen molar-refractivity contribution in [3.8, 4) is 0 Å². The highest BCUT2D eigenvalue weighted by Gasteiger charge is 2.26. The summed E-state index contributed by atoms with van der Waals surface area (Å²) >= 11 is 1.69. The van der Waals surface area contributed by atoms with E-state index in [4.69, 9.17) is 0 Å². The molecule has 2 aromatic rings. The number of nitrogens with zero attached hydrogens (tertiary/aromatic N) is 2.